The molecule has 0 spiro atoms. The third-order valence-corrected chi connectivity index (χ3v) is 3.71. The van der Waals surface area contributed by atoms with E-state index in [0.717, 1.165) is 31.6 Å². The fraction of sp³-hybridized carbons (Fsp3) is 0.889. The minimum absolute atomic E-state index is 0.315. The Bertz CT molecular complexity index is 200. The van der Waals surface area contributed by atoms with Crippen LogP contribution in [0, 0.1) is 17.3 Å². The van der Waals surface area contributed by atoms with E-state index < -0.39 is 5.97 Å². The molecule has 2 aliphatic carbocycles. The number of rotatable bonds is 1. The predicted molar refractivity (Wildman–Crippen MR) is 41.2 cm³/mol. The maximum Gasteiger partial charge on any atom is 0.309 e. The van der Waals surface area contributed by atoms with Gasteiger partial charge in [0.25, 0.3) is 0 Å². The summed E-state index contributed by atoms with van der Waals surface area (Å²) in [6.45, 7) is 2.09. The van der Waals surface area contributed by atoms with E-state index in [-0.39, 0.29) is 5.41 Å². The number of carboxylic acids is 1. The molecule has 0 saturated heterocycles. The van der Waals surface area contributed by atoms with E-state index >= 15 is 0 Å². The summed E-state index contributed by atoms with van der Waals surface area (Å²) in [6, 6.07) is 0. The van der Waals surface area contributed by atoms with Crippen molar-refractivity contribution < 1.29 is 9.90 Å². The van der Waals surface area contributed by atoms with Crippen molar-refractivity contribution in [3.05, 3.63) is 0 Å². The van der Waals surface area contributed by atoms with E-state index in [0.29, 0.717) is 5.92 Å². The molecule has 0 amide bonds. The van der Waals surface area contributed by atoms with Crippen molar-refractivity contribution in [2.75, 3.05) is 0 Å². The number of hydrogen-bond acceptors (Lipinski definition) is 1. The summed E-state index contributed by atoms with van der Waals surface area (Å²) in [5, 5.41) is 9.06. The molecule has 0 aliphatic heterocycles. The van der Waals surface area contributed by atoms with Crippen molar-refractivity contribution in [3.8, 4) is 0 Å². The smallest absolute Gasteiger partial charge is 0.309 e. The van der Waals surface area contributed by atoms with Gasteiger partial charge in [-0.25, -0.2) is 0 Å². The van der Waals surface area contributed by atoms with E-state index in [1.165, 1.54) is 0 Å². The van der Waals surface area contributed by atoms with Gasteiger partial charge in [0.1, 0.15) is 0 Å². The topological polar surface area (TPSA) is 37.3 Å². The van der Waals surface area contributed by atoms with Gasteiger partial charge in [0.05, 0.1) is 5.41 Å². The van der Waals surface area contributed by atoms with Crippen LogP contribution in [0.2, 0.25) is 0 Å². The summed E-state index contributed by atoms with van der Waals surface area (Å²) in [4.78, 5) is 11.0. The van der Waals surface area contributed by atoms with Crippen LogP contribution >= 0.6 is 0 Å². The summed E-state index contributed by atoms with van der Waals surface area (Å²) in [5.41, 5.74) is -0.315. The van der Waals surface area contributed by atoms with Crippen LogP contribution in [0.15, 0.2) is 0 Å². The Labute approximate surface area is 66.6 Å². The summed E-state index contributed by atoms with van der Waals surface area (Å²) in [6.07, 6.45) is 4.17. The summed E-state index contributed by atoms with van der Waals surface area (Å²) >= 11 is 0. The van der Waals surface area contributed by atoms with Gasteiger partial charge in [0.15, 0.2) is 0 Å². The second-order valence-corrected chi connectivity index (χ2v) is 4.21. The van der Waals surface area contributed by atoms with Gasteiger partial charge in [-0.1, -0.05) is 6.92 Å². The fourth-order valence-corrected chi connectivity index (χ4v) is 2.96. The lowest BCUT2D eigenvalue weighted by Gasteiger charge is -2.27. The molecule has 2 aliphatic rings. The number of hydrogen-bond donors (Lipinski definition) is 1. The van der Waals surface area contributed by atoms with Gasteiger partial charge in [-0.3, -0.25) is 4.79 Å². The van der Waals surface area contributed by atoms with Gasteiger partial charge in [-0.2, -0.15) is 0 Å². The summed E-state index contributed by atoms with van der Waals surface area (Å²) in [7, 11) is 0. The first-order valence-corrected chi connectivity index (χ1v) is 4.38. The lowest BCUT2D eigenvalue weighted by Crippen LogP contribution is -2.32. The predicted octanol–water partition coefficient (Wildman–Crippen LogP) is 1.90. The molecule has 11 heavy (non-hydrogen) atoms. The third kappa shape index (κ3) is 0.754. The molecule has 0 aromatic rings. The van der Waals surface area contributed by atoms with Crippen molar-refractivity contribution in [2.45, 2.75) is 32.6 Å². The molecule has 62 valence electrons. The molecule has 0 aromatic carbocycles. The lowest BCUT2D eigenvalue weighted by atomic mass is 9.76. The molecule has 0 radical (unpaired) electrons. The SMILES string of the molecule is CC1CC2CCC1(C(=O)O)C2. The molecule has 2 bridgehead atoms. The molecule has 0 aromatic heterocycles. The van der Waals surface area contributed by atoms with E-state index in [1.807, 2.05) is 0 Å². The Morgan fingerprint density at radius 3 is 2.64 bits per heavy atom. The molecular weight excluding hydrogens is 140 g/mol. The average Bonchev–Trinajstić information content (AvgIpc) is 2.43. The van der Waals surface area contributed by atoms with E-state index in [4.69, 9.17) is 5.11 Å². The molecule has 2 saturated carbocycles. The maximum absolute atomic E-state index is 11.0. The van der Waals surface area contributed by atoms with Crippen molar-refractivity contribution >= 4 is 5.97 Å². The van der Waals surface area contributed by atoms with Crippen LogP contribution in [0.5, 0.6) is 0 Å². The lowest BCUT2D eigenvalue weighted by molar-refractivity contribution is -0.150. The molecule has 3 unspecified atom stereocenters. The summed E-state index contributed by atoms with van der Waals surface area (Å²) < 4.78 is 0. The minimum Gasteiger partial charge on any atom is -0.481 e. The van der Waals surface area contributed by atoms with Crippen LogP contribution in [-0.4, -0.2) is 11.1 Å². The highest BCUT2D eigenvalue weighted by Crippen LogP contribution is 2.57. The Balaban J connectivity index is 2.29. The zero-order chi connectivity index (χ0) is 8.06. The zero-order valence-corrected chi connectivity index (χ0v) is 6.84. The molecule has 3 atom stereocenters. The van der Waals surface area contributed by atoms with Crippen molar-refractivity contribution in [1.82, 2.24) is 0 Å². The van der Waals surface area contributed by atoms with E-state index in [1.54, 1.807) is 0 Å². The minimum atomic E-state index is -0.551. The average molecular weight is 154 g/mol. The van der Waals surface area contributed by atoms with Crippen LogP contribution < -0.4 is 0 Å². The van der Waals surface area contributed by atoms with Gasteiger partial charge >= 0.3 is 5.97 Å². The Kier molecular flexibility index (Phi) is 1.29. The van der Waals surface area contributed by atoms with Crippen LogP contribution in [0.4, 0.5) is 0 Å². The molecule has 2 nitrogen and oxygen atoms in total. The summed E-state index contributed by atoms with van der Waals surface area (Å²) in [5.74, 6) is 0.588. The Morgan fingerprint density at radius 2 is 2.36 bits per heavy atom. The molecule has 2 fully saturated rings. The Hall–Kier alpha value is -0.530. The first-order valence-electron chi connectivity index (χ1n) is 4.38. The highest BCUT2D eigenvalue weighted by Gasteiger charge is 2.54. The maximum atomic E-state index is 11.0. The van der Waals surface area contributed by atoms with Gasteiger partial charge in [0.2, 0.25) is 0 Å². The molecular formula is C9H14O2. The van der Waals surface area contributed by atoms with E-state index in [9.17, 15) is 4.79 Å². The number of carbonyl (C=O) groups is 1. The number of carboxylic acid groups (broad SMARTS) is 1. The molecule has 1 N–H and O–H groups in total. The first kappa shape index (κ1) is 7.14. The monoisotopic (exact) mass is 154 g/mol. The Morgan fingerprint density at radius 1 is 1.64 bits per heavy atom. The van der Waals surface area contributed by atoms with E-state index in [2.05, 4.69) is 6.92 Å². The van der Waals surface area contributed by atoms with Crippen molar-refractivity contribution in [1.29, 1.82) is 0 Å². The number of aliphatic carboxylic acids is 1. The van der Waals surface area contributed by atoms with Crippen LogP contribution in [0.3, 0.4) is 0 Å². The number of fused-ring (bicyclic) bond motifs is 2. The van der Waals surface area contributed by atoms with Crippen molar-refractivity contribution in [3.63, 3.8) is 0 Å². The normalized spacial score (nSPS) is 48.1. The van der Waals surface area contributed by atoms with Gasteiger partial charge in [0, 0.05) is 0 Å². The van der Waals surface area contributed by atoms with Gasteiger partial charge in [-0.05, 0) is 37.5 Å². The second-order valence-electron chi connectivity index (χ2n) is 4.21. The van der Waals surface area contributed by atoms with Gasteiger partial charge in [-0.15, -0.1) is 0 Å². The quantitative estimate of drug-likeness (QED) is 0.626. The first-order chi connectivity index (χ1) is 5.15. The highest BCUT2D eigenvalue weighted by atomic mass is 16.4. The van der Waals surface area contributed by atoms with Crippen LogP contribution in [-0.2, 0) is 4.79 Å². The standard InChI is InChI=1S/C9H14O2/c1-6-4-7-2-3-9(6,5-7)8(10)11/h6-7H,2-5H2,1H3,(H,10,11). The highest BCUT2D eigenvalue weighted by molar-refractivity contribution is 5.76. The zero-order valence-electron chi connectivity index (χ0n) is 6.84. The third-order valence-electron chi connectivity index (χ3n) is 3.71. The molecule has 0 heterocycles. The molecule has 2 rings (SSSR count). The molecule has 2 heteroatoms. The van der Waals surface area contributed by atoms with Crippen LogP contribution in [0.25, 0.3) is 0 Å². The fourth-order valence-electron chi connectivity index (χ4n) is 2.96. The van der Waals surface area contributed by atoms with Crippen LogP contribution in [0.1, 0.15) is 32.6 Å². The second kappa shape index (κ2) is 1.99. The van der Waals surface area contributed by atoms with Crippen molar-refractivity contribution in [2.24, 2.45) is 17.3 Å². The van der Waals surface area contributed by atoms with Gasteiger partial charge < -0.3 is 5.11 Å². The largest absolute Gasteiger partial charge is 0.481 e.